The molecule has 1 aromatic carbocycles. The standard InChI is InChI=1S/C12H15O3/c1-9(2)8-15-11-5-3-4-10(6-11)7-12(13)14/h3-6,9H,7-8H2,1-2H3. The van der Waals surface area contributed by atoms with Crippen LogP contribution in [0.15, 0.2) is 24.3 Å². The molecule has 15 heavy (non-hydrogen) atoms. The highest BCUT2D eigenvalue weighted by Crippen LogP contribution is 2.14. The number of hydrogen-bond acceptors (Lipinski definition) is 2. The van der Waals surface area contributed by atoms with Crippen molar-refractivity contribution in [3.05, 3.63) is 29.8 Å². The van der Waals surface area contributed by atoms with Gasteiger partial charge in [0, 0.05) is 0 Å². The van der Waals surface area contributed by atoms with Gasteiger partial charge >= 0.3 is 5.97 Å². The van der Waals surface area contributed by atoms with E-state index in [-0.39, 0.29) is 6.42 Å². The zero-order chi connectivity index (χ0) is 11.3. The van der Waals surface area contributed by atoms with E-state index < -0.39 is 5.97 Å². The third kappa shape index (κ3) is 4.49. The van der Waals surface area contributed by atoms with Crippen molar-refractivity contribution in [3.8, 4) is 5.75 Å². The highest BCUT2D eigenvalue weighted by Gasteiger charge is 2.04. The molecule has 1 rings (SSSR count). The van der Waals surface area contributed by atoms with E-state index in [1.807, 2.05) is 6.07 Å². The SMILES string of the molecule is CC(C)COc1cccc(CC([O])=O)c1. The fourth-order valence-corrected chi connectivity index (χ4v) is 1.17. The molecular formula is C12H15O3. The molecule has 81 valence electrons. The summed E-state index contributed by atoms with van der Waals surface area (Å²) in [6.45, 7) is 4.75. The number of benzene rings is 1. The van der Waals surface area contributed by atoms with Crippen molar-refractivity contribution in [2.75, 3.05) is 6.61 Å². The van der Waals surface area contributed by atoms with Crippen LogP contribution >= 0.6 is 0 Å². The van der Waals surface area contributed by atoms with Crippen molar-refractivity contribution >= 4 is 5.97 Å². The van der Waals surface area contributed by atoms with Gasteiger partial charge in [-0.2, -0.15) is 0 Å². The summed E-state index contributed by atoms with van der Waals surface area (Å²) < 4.78 is 5.48. The van der Waals surface area contributed by atoms with Crippen LogP contribution in [0.2, 0.25) is 0 Å². The minimum atomic E-state index is -1.07. The van der Waals surface area contributed by atoms with Crippen LogP contribution in [-0.2, 0) is 16.3 Å². The molecule has 0 heterocycles. The molecule has 0 unspecified atom stereocenters. The number of rotatable bonds is 5. The van der Waals surface area contributed by atoms with Gasteiger partial charge in [0.15, 0.2) is 0 Å². The quantitative estimate of drug-likeness (QED) is 0.743. The lowest BCUT2D eigenvalue weighted by atomic mass is 10.1. The van der Waals surface area contributed by atoms with E-state index in [4.69, 9.17) is 4.74 Å². The van der Waals surface area contributed by atoms with Crippen molar-refractivity contribution in [2.24, 2.45) is 5.92 Å². The lowest BCUT2D eigenvalue weighted by Crippen LogP contribution is -2.05. The van der Waals surface area contributed by atoms with E-state index in [0.29, 0.717) is 23.8 Å². The molecule has 0 amide bonds. The summed E-state index contributed by atoms with van der Waals surface area (Å²) in [6.07, 6.45) is -0.0706. The molecule has 0 fully saturated rings. The van der Waals surface area contributed by atoms with Crippen LogP contribution in [0.3, 0.4) is 0 Å². The molecule has 0 N–H and O–H groups in total. The molecule has 0 bridgehead atoms. The number of hydrogen-bond donors (Lipinski definition) is 0. The molecule has 0 aliphatic carbocycles. The first-order chi connectivity index (χ1) is 7.08. The average Bonchev–Trinajstić information content (AvgIpc) is 2.14. The first-order valence-corrected chi connectivity index (χ1v) is 4.99. The van der Waals surface area contributed by atoms with E-state index in [1.165, 1.54) is 0 Å². The van der Waals surface area contributed by atoms with Crippen molar-refractivity contribution in [1.82, 2.24) is 0 Å². The van der Waals surface area contributed by atoms with Crippen LogP contribution < -0.4 is 4.74 Å². The van der Waals surface area contributed by atoms with Crippen molar-refractivity contribution < 1.29 is 14.6 Å². The van der Waals surface area contributed by atoms with E-state index in [9.17, 15) is 9.90 Å². The Kier molecular flexibility index (Phi) is 4.16. The second kappa shape index (κ2) is 5.39. The maximum Gasteiger partial charge on any atom is 0.359 e. The van der Waals surface area contributed by atoms with Gasteiger partial charge in [0.05, 0.1) is 13.0 Å². The predicted octanol–water partition coefficient (Wildman–Crippen LogP) is 2.22. The molecule has 3 nitrogen and oxygen atoms in total. The maximum absolute atomic E-state index is 10.4. The van der Waals surface area contributed by atoms with Gasteiger partial charge in [0.2, 0.25) is 0 Å². The van der Waals surface area contributed by atoms with Crippen LogP contribution in [0.1, 0.15) is 19.4 Å². The van der Waals surface area contributed by atoms with Crippen LogP contribution in [0, 0.1) is 5.92 Å². The summed E-state index contributed by atoms with van der Waals surface area (Å²) in [6, 6.07) is 7.09. The molecule has 1 radical (unpaired) electrons. The average molecular weight is 207 g/mol. The Balaban J connectivity index is 2.61. The molecule has 0 saturated heterocycles. The Bertz CT molecular complexity index is 331. The summed E-state index contributed by atoms with van der Waals surface area (Å²) in [5.41, 5.74) is 0.705. The second-order valence-corrected chi connectivity index (χ2v) is 3.90. The smallest absolute Gasteiger partial charge is 0.359 e. The topological polar surface area (TPSA) is 46.2 Å². The lowest BCUT2D eigenvalue weighted by molar-refractivity contribution is -0.142. The van der Waals surface area contributed by atoms with Crippen LogP contribution in [0.5, 0.6) is 5.75 Å². The van der Waals surface area contributed by atoms with E-state index in [0.717, 1.165) is 0 Å². The Morgan fingerprint density at radius 2 is 2.13 bits per heavy atom. The number of ether oxygens (including phenoxy) is 1. The summed E-state index contributed by atoms with van der Waals surface area (Å²) in [4.78, 5) is 10.4. The maximum atomic E-state index is 10.4. The molecule has 1 aromatic rings. The fourth-order valence-electron chi connectivity index (χ4n) is 1.17. The Labute approximate surface area is 89.7 Å². The number of carbonyl (C=O) groups excluding carboxylic acids is 1. The van der Waals surface area contributed by atoms with Crippen molar-refractivity contribution in [3.63, 3.8) is 0 Å². The largest absolute Gasteiger partial charge is 0.493 e. The third-order valence-corrected chi connectivity index (χ3v) is 1.83. The first kappa shape index (κ1) is 11.6. The Morgan fingerprint density at radius 3 is 2.73 bits per heavy atom. The molecule has 3 heteroatoms. The minimum Gasteiger partial charge on any atom is -0.493 e. The monoisotopic (exact) mass is 207 g/mol. The van der Waals surface area contributed by atoms with Gasteiger partial charge in [0.1, 0.15) is 5.75 Å². The minimum absolute atomic E-state index is 0.0706. The van der Waals surface area contributed by atoms with Crippen LogP contribution in [-0.4, -0.2) is 12.6 Å². The summed E-state index contributed by atoms with van der Waals surface area (Å²) >= 11 is 0. The molecule has 0 aliphatic heterocycles. The normalized spacial score (nSPS) is 10.3. The molecule has 0 aliphatic rings. The van der Waals surface area contributed by atoms with Gasteiger partial charge in [-0.05, 0) is 23.6 Å². The summed E-state index contributed by atoms with van der Waals surface area (Å²) in [5, 5.41) is 10.4. The van der Waals surface area contributed by atoms with E-state index in [1.54, 1.807) is 18.2 Å². The molecule has 0 spiro atoms. The Morgan fingerprint density at radius 1 is 1.40 bits per heavy atom. The fraction of sp³-hybridized carbons (Fsp3) is 0.417. The van der Waals surface area contributed by atoms with Gasteiger partial charge in [0.25, 0.3) is 0 Å². The third-order valence-electron chi connectivity index (χ3n) is 1.83. The zero-order valence-electron chi connectivity index (χ0n) is 9.03. The van der Waals surface area contributed by atoms with Crippen molar-refractivity contribution in [2.45, 2.75) is 20.3 Å². The first-order valence-electron chi connectivity index (χ1n) is 4.99. The zero-order valence-corrected chi connectivity index (χ0v) is 9.03. The van der Waals surface area contributed by atoms with Gasteiger partial charge in [-0.25, -0.2) is 9.90 Å². The van der Waals surface area contributed by atoms with Gasteiger partial charge < -0.3 is 4.74 Å². The van der Waals surface area contributed by atoms with E-state index in [2.05, 4.69) is 13.8 Å². The molecule has 0 atom stereocenters. The highest BCUT2D eigenvalue weighted by molar-refractivity contribution is 5.69. The summed E-state index contributed by atoms with van der Waals surface area (Å²) in [5.74, 6) is 0.0910. The van der Waals surface area contributed by atoms with E-state index >= 15 is 0 Å². The highest BCUT2D eigenvalue weighted by atomic mass is 16.5. The van der Waals surface area contributed by atoms with Crippen LogP contribution in [0.25, 0.3) is 0 Å². The van der Waals surface area contributed by atoms with Crippen LogP contribution in [0.4, 0.5) is 0 Å². The second-order valence-electron chi connectivity index (χ2n) is 3.90. The Hall–Kier alpha value is -1.51. The molecular weight excluding hydrogens is 192 g/mol. The van der Waals surface area contributed by atoms with Gasteiger partial charge in [-0.15, -0.1) is 0 Å². The van der Waals surface area contributed by atoms with Gasteiger partial charge in [-0.3, -0.25) is 0 Å². The summed E-state index contributed by atoms with van der Waals surface area (Å²) in [7, 11) is 0. The predicted molar refractivity (Wildman–Crippen MR) is 56.2 cm³/mol. The molecule has 0 saturated carbocycles. The van der Waals surface area contributed by atoms with Gasteiger partial charge in [-0.1, -0.05) is 26.0 Å². The molecule has 0 aromatic heterocycles. The number of carbonyl (C=O) groups is 1. The lowest BCUT2D eigenvalue weighted by Gasteiger charge is -2.09. The van der Waals surface area contributed by atoms with Crippen molar-refractivity contribution in [1.29, 1.82) is 0 Å².